The Bertz CT molecular complexity index is 606. The Kier molecular flexibility index (Phi) is 2.40. The van der Waals surface area contributed by atoms with Crippen molar-refractivity contribution >= 4 is 5.97 Å². The number of benzene rings is 1. The van der Waals surface area contributed by atoms with Gasteiger partial charge in [-0.2, -0.15) is 4.98 Å². The van der Waals surface area contributed by atoms with Gasteiger partial charge >= 0.3 is 5.97 Å². The van der Waals surface area contributed by atoms with Gasteiger partial charge in [-0.25, -0.2) is 4.79 Å². The van der Waals surface area contributed by atoms with Crippen molar-refractivity contribution in [3.8, 4) is 11.5 Å². The van der Waals surface area contributed by atoms with Crippen LogP contribution in [-0.2, 0) is 0 Å². The Morgan fingerprint density at radius 3 is 2.83 bits per heavy atom. The van der Waals surface area contributed by atoms with Crippen LogP contribution in [0.4, 0.5) is 0 Å². The van der Waals surface area contributed by atoms with E-state index in [1.54, 1.807) is 18.2 Å². The summed E-state index contributed by atoms with van der Waals surface area (Å²) < 4.78 is 5.17. The molecule has 1 fully saturated rings. The molecule has 2 unspecified atom stereocenters. The molecule has 0 radical (unpaired) electrons. The molecule has 2 atom stereocenters. The Balaban J connectivity index is 1.99. The molecule has 18 heavy (non-hydrogen) atoms. The zero-order valence-corrected chi connectivity index (χ0v) is 9.83. The lowest BCUT2D eigenvalue weighted by molar-refractivity contribution is 0.0697. The second-order valence-corrected chi connectivity index (χ2v) is 4.63. The van der Waals surface area contributed by atoms with E-state index in [2.05, 4.69) is 17.1 Å². The fraction of sp³-hybridized carbons (Fsp3) is 0.308. The maximum Gasteiger partial charge on any atom is 0.336 e. The molecule has 1 heterocycles. The summed E-state index contributed by atoms with van der Waals surface area (Å²) in [5.41, 5.74) is 0.647. The van der Waals surface area contributed by atoms with Crippen molar-refractivity contribution in [2.24, 2.45) is 5.92 Å². The molecule has 1 N–H and O–H groups in total. The topological polar surface area (TPSA) is 76.2 Å². The molecule has 5 heteroatoms. The summed E-state index contributed by atoms with van der Waals surface area (Å²) >= 11 is 0. The van der Waals surface area contributed by atoms with Gasteiger partial charge < -0.3 is 9.63 Å². The van der Waals surface area contributed by atoms with Gasteiger partial charge in [-0.15, -0.1) is 0 Å². The van der Waals surface area contributed by atoms with Crippen molar-refractivity contribution in [2.75, 3.05) is 0 Å². The quantitative estimate of drug-likeness (QED) is 0.897. The molecule has 0 saturated heterocycles. The first-order valence-electron chi connectivity index (χ1n) is 5.83. The van der Waals surface area contributed by atoms with E-state index in [4.69, 9.17) is 9.63 Å². The summed E-state index contributed by atoms with van der Waals surface area (Å²) in [4.78, 5) is 15.4. The molecular formula is C13H12N2O3. The van der Waals surface area contributed by atoms with Crippen LogP contribution in [0.2, 0.25) is 0 Å². The van der Waals surface area contributed by atoms with Crippen molar-refractivity contribution in [1.82, 2.24) is 10.1 Å². The number of rotatable bonds is 3. The predicted molar refractivity (Wildman–Crippen MR) is 63.2 cm³/mol. The summed E-state index contributed by atoms with van der Waals surface area (Å²) in [5, 5.41) is 13.0. The van der Waals surface area contributed by atoms with E-state index in [0.717, 1.165) is 6.42 Å². The van der Waals surface area contributed by atoms with E-state index in [1.807, 2.05) is 0 Å². The number of carbonyl (C=O) groups is 1. The third-order valence-electron chi connectivity index (χ3n) is 3.27. The highest BCUT2D eigenvalue weighted by molar-refractivity contribution is 5.94. The second-order valence-electron chi connectivity index (χ2n) is 4.63. The molecular weight excluding hydrogens is 232 g/mol. The van der Waals surface area contributed by atoms with E-state index in [0.29, 0.717) is 23.2 Å². The fourth-order valence-corrected chi connectivity index (χ4v) is 2.03. The molecule has 0 spiro atoms. The van der Waals surface area contributed by atoms with Gasteiger partial charge in [0.25, 0.3) is 5.89 Å². The van der Waals surface area contributed by atoms with Gasteiger partial charge in [0, 0.05) is 5.92 Å². The van der Waals surface area contributed by atoms with Crippen LogP contribution in [0.15, 0.2) is 28.8 Å². The number of carboxylic acid groups (broad SMARTS) is 1. The highest BCUT2D eigenvalue weighted by atomic mass is 16.5. The maximum absolute atomic E-state index is 11.1. The van der Waals surface area contributed by atoms with E-state index in [-0.39, 0.29) is 11.5 Å². The zero-order valence-electron chi connectivity index (χ0n) is 9.83. The van der Waals surface area contributed by atoms with Gasteiger partial charge in [-0.3, -0.25) is 0 Å². The van der Waals surface area contributed by atoms with Gasteiger partial charge in [-0.05, 0) is 24.5 Å². The Morgan fingerprint density at radius 1 is 1.44 bits per heavy atom. The Hall–Kier alpha value is -2.17. The normalized spacial score (nSPS) is 21.8. The standard InChI is InChI=1S/C13H12N2O3/c1-7-6-10(7)11-14-12(18-15-11)8-4-2-3-5-9(8)13(16)17/h2-5,7,10H,6H2,1H3,(H,16,17). The lowest BCUT2D eigenvalue weighted by atomic mass is 10.1. The van der Waals surface area contributed by atoms with Crippen LogP contribution < -0.4 is 0 Å². The molecule has 92 valence electrons. The van der Waals surface area contributed by atoms with Crippen molar-refractivity contribution < 1.29 is 14.4 Å². The average Bonchev–Trinajstić information content (AvgIpc) is 2.92. The number of nitrogens with zero attached hydrogens (tertiary/aromatic N) is 2. The summed E-state index contributed by atoms with van der Waals surface area (Å²) in [6.07, 6.45) is 1.07. The Morgan fingerprint density at radius 2 is 2.17 bits per heavy atom. The van der Waals surface area contributed by atoms with Gasteiger partial charge in [0.05, 0.1) is 11.1 Å². The lowest BCUT2D eigenvalue weighted by Gasteiger charge is -1.99. The van der Waals surface area contributed by atoms with Gasteiger partial charge in [0.2, 0.25) is 0 Å². The van der Waals surface area contributed by atoms with Crippen LogP contribution in [0.3, 0.4) is 0 Å². The molecule has 0 aliphatic heterocycles. The Labute approximate surface area is 103 Å². The van der Waals surface area contributed by atoms with Gasteiger partial charge in [0.1, 0.15) is 0 Å². The number of aromatic nitrogens is 2. The third kappa shape index (κ3) is 1.77. The molecule has 5 nitrogen and oxygen atoms in total. The van der Waals surface area contributed by atoms with E-state index < -0.39 is 5.97 Å². The third-order valence-corrected chi connectivity index (χ3v) is 3.27. The second kappa shape index (κ2) is 3.94. The fourth-order valence-electron chi connectivity index (χ4n) is 2.03. The number of aromatic carboxylic acids is 1. The minimum absolute atomic E-state index is 0.177. The minimum Gasteiger partial charge on any atom is -0.478 e. The molecule has 1 aliphatic carbocycles. The number of carboxylic acids is 1. The van der Waals surface area contributed by atoms with Gasteiger partial charge in [-0.1, -0.05) is 24.2 Å². The average molecular weight is 244 g/mol. The maximum atomic E-state index is 11.1. The summed E-state index contributed by atoms with van der Waals surface area (Å²) in [7, 11) is 0. The number of hydrogen-bond acceptors (Lipinski definition) is 4. The van der Waals surface area contributed by atoms with E-state index in [9.17, 15) is 4.79 Å². The first-order valence-corrected chi connectivity index (χ1v) is 5.83. The van der Waals surface area contributed by atoms with Crippen molar-refractivity contribution in [1.29, 1.82) is 0 Å². The molecule has 1 aromatic carbocycles. The summed E-state index contributed by atoms with van der Waals surface area (Å²) in [6, 6.07) is 6.64. The van der Waals surface area contributed by atoms with Crippen LogP contribution in [0.1, 0.15) is 35.4 Å². The van der Waals surface area contributed by atoms with E-state index >= 15 is 0 Å². The van der Waals surface area contributed by atoms with Crippen LogP contribution in [0.5, 0.6) is 0 Å². The molecule has 3 rings (SSSR count). The molecule has 1 aromatic heterocycles. The van der Waals surface area contributed by atoms with Crippen LogP contribution in [0.25, 0.3) is 11.5 Å². The van der Waals surface area contributed by atoms with Gasteiger partial charge in [0.15, 0.2) is 5.82 Å². The first kappa shape index (κ1) is 11.0. The van der Waals surface area contributed by atoms with Crippen molar-refractivity contribution in [3.05, 3.63) is 35.7 Å². The zero-order chi connectivity index (χ0) is 12.7. The molecule has 2 aromatic rings. The highest BCUT2D eigenvalue weighted by Gasteiger charge is 2.38. The van der Waals surface area contributed by atoms with Crippen LogP contribution in [-0.4, -0.2) is 21.2 Å². The van der Waals surface area contributed by atoms with Crippen molar-refractivity contribution in [2.45, 2.75) is 19.3 Å². The van der Waals surface area contributed by atoms with Crippen LogP contribution in [0, 0.1) is 5.92 Å². The molecule has 0 bridgehead atoms. The smallest absolute Gasteiger partial charge is 0.336 e. The van der Waals surface area contributed by atoms with E-state index in [1.165, 1.54) is 6.07 Å². The SMILES string of the molecule is CC1CC1c1noc(-c2ccccc2C(=O)O)n1. The van der Waals surface area contributed by atoms with Crippen LogP contribution >= 0.6 is 0 Å². The first-order chi connectivity index (χ1) is 8.66. The lowest BCUT2D eigenvalue weighted by Crippen LogP contribution is -1.99. The number of hydrogen-bond donors (Lipinski definition) is 1. The molecule has 0 amide bonds. The summed E-state index contributed by atoms with van der Waals surface area (Å²) in [6.45, 7) is 2.13. The predicted octanol–water partition coefficient (Wildman–Crippen LogP) is 2.56. The minimum atomic E-state index is -0.995. The highest BCUT2D eigenvalue weighted by Crippen LogP contribution is 2.45. The molecule has 1 saturated carbocycles. The largest absolute Gasteiger partial charge is 0.478 e. The van der Waals surface area contributed by atoms with Crippen molar-refractivity contribution in [3.63, 3.8) is 0 Å². The monoisotopic (exact) mass is 244 g/mol. The summed E-state index contributed by atoms with van der Waals surface area (Å²) in [5.74, 6) is 0.912. The molecule has 1 aliphatic rings.